The zero-order chi connectivity index (χ0) is 21.9. The van der Waals surface area contributed by atoms with E-state index in [1.165, 1.54) is 18.5 Å². The molecule has 29 heavy (non-hydrogen) atoms. The first-order chi connectivity index (χ1) is 13.6. The van der Waals surface area contributed by atoms with Crippen LogP contribution in [-0.4, -0.2) is 49.0 Å². The van der Waals surface area contributed by atoms with Crippen LogP contribution >= 0.6 is 0 Å². The SMILES string of the molecule is CN=C(C)N=CNc1ccc([N+](=O)[O-])cc1OCCCCNC(=O)OC(C)(C)C. The van der Waals surface area contributed by atoms with Crippen LogP contribution in [0.3, 0.4) is 0 Å². The minimum atomic E-state index is -0.538. The van der Waals surface area contributed by atoms with Gasteiger partial charge in [0.25, 0.3) is 5.69 Å². The van der Waals surface area contributed by atoms with E-state index in [1.54, 1.807) is 40.8 Å². The number of non-ortho nitro benzene ring substituents is 1. The fraction of sp³-hybridized carbons (Fsp3) is 0.526. The largest absolute Gasteiger partial charge is 0.491 e. The van der Waals surface area contributed by atoms with Crippen LogP contribution in [0.2, 0.25) is 0 Å². The number of nitro groups is 1. The van der Waals surface area contributed by atoms with Gasteiger partial charge >= 0.3 is 6.09 Å². The summed E-state index contributed by atoms with van der Waals surface area (Å²) < 4.78 is 10.8. The number of benzene rings is 1. The lowest BCUT2D eigenvalue weighted by molar-refractivity contribution is -0.384. The summed E-state index contributed by atoms with van der Waals surface area (Å²) in [6.45, 7) is 7.92. The van der Waals surface area contributed by atoms with Crippen molar-refractivity contribution in [2.75, 3.05) is 25.5 Å². The number of hydrogen-bond donors (Lipinski definition) is 2. The maximum Gasteiger partial charge on any atom is 0.407 e. The number of carbonyl (C=O) groups excluding carboxylic acids is 1. The Kier molecular flexibility index (Phi) is 9.57. The lowest BCUT2D eigenvalue weighted by Crippen LogP contribution is -2.33. The lowest BCUT2D eigenvalue weighted by atomic mass is 10.2. The molecule has 0 unspecified atom stereocenters. The zero-order valence-electron chi connectivity index (χ0n) is 17.5. The summed E-state index contributed by atoms with van der Waals surface area (Å²) in [7, 11) is 1.63. The molecule has 0 aromatic heterocycles. The first-order valence-corrected chi connectivity index (χ1v) is 9.23. The minimum absolute atomic E-state index is 0.0691. The highest BCUT2D eigenvalue weighted by Gasteiger charge is 2.15. The molecule has 0 spiro atoms. The van der Waals surface area contributed by atoms with Gasteiger partial charge in [0.2, 0.25) is 0 Å². The summed E-state index contributed by atoms with van der Waals surface area (Å²) in [6.07, 6.45) is 2.30. The Balaban J connectivity index is 2.56. The van der Waals surface area contributed by atoms with Crippen molar-refractivity contribution in [3.8, 4) is 5.75 Å². The molecule has 160 valence electrons. The van der Waals surface area contributed by atoms with E-state index < -0.39 is 16.6 Å². The van der Waals surface area contributed by atoms with Crippen LogP contribution in [0.25, 0.3) is 0 Å². The molecule has 0 fully saturated rings. The van der Waals surface area contributed by atoms with Crippen LogP contribution < -0.4 is 15.4 Å². The summed E-state index contributed by atoms with van der Waals surface area (Å²) in [5, 5.41) is 16.6. The van der Waals surface area contributed by atoms with E-state index in [0.29, 0.717) is 43.3 Å². The van der Waals surface area contributed by atoms with Crippen molar-refractivity contribution in [2.24, 2.45) is 9.98 Å². The molecule has 0 radical (unpaired) electrons. The van der Waals surface area contributed by atoms with E-state index >= 15 is 0 Å². The molecule has 1 amide bonds. The van der Waals surface area contributed by atoms with Crippen molar-refractivity contribution in [1.82, 2.24) is 5.32 Å². The number of nitrogens with zero attached hydrogens (tertiary/aromatic N) is 3. The second kappa shape index (κ2) is 11.6. The minimum Gasteiger partial charge on any atom is -0.491 e. The number of rotatable bonds is 9. The standard InChI is InChI=1S/C19H29N5O5/c1-14(20-5)22-13-23-16-9-8-15(24(26)27)12-17(16)28-11-7-6-10-21-18(25)29-19(2,3)4/h8-9,12-13H,6-7,10-11H2,1-5H3,(H,21,25)(H,20,22,23). The second-order valence-corrected chi connectivity index (χ2v) is 7.10. The van der Waals surface area contributed by atoms with Crippen molar-refractivity contribution in [1.29, 1.82) is 0 Å². The molecule has 10 heteroatoms. The van der Waals surface area contributed by atoms with E-state index in [2.05, 4.69) is 20.6 Å². The number of nitrogens with one attached hydrogen (secondary N) is 2. The van der Waals surface area contributed by atoms with Gasteiger partial charge in [-0.15, -0.1) is 0 Å². The summed E-state index contributed by atoms with van der Waals surface area (Å²) in [5.41, 5.74) is -0.0563. The second-order valence-electron chi connectivity index (χ2n) is 7.10. The highest BCUT2D eigenvalue weighted by Crippen LogP contribution is 2.29. The molecular weight excluding hydrogens is 378 g/mol. The number of amides is 1. The van der Waals surface area contributed by atoms with Gasteiger partial charge in [0.15, 0.2) is 0 Å². The average molecular weight is 407 g/mol. The lowest BCUT2D eigenvalue weighted by Gasteiger charge is -2.19. The van der Waals surface area contributed by atoms with E-state index in [0.717, 1.165) is 0 Å². The van der Waals surface area contributed by atoms with Crippen LogP contribution in [0.1, 0.15) is 40.5 Å². The smallest absolute Gasteiger partial charge is 0.407 e. The molecule has 0 saturated carbocycles. The fourth-order valence-corrected chi connectivity index (χ4v) is 2.03. The summed E-state index contributed by atoms with van der Waals surface area (Å²) in [6, 6.07) is 4.30. The highest BCUT2D eigenvalue weighted by molar-refractivity contribution is 5.91. The molecule has 10 nitrogen and oxygen atoms in total. The molecule has 1 rings (SSSR count). The molecule has 0 saturated heterocycles. The van der Waals surface area contributed by atoms with Gasteiger partial charge in [0.1, 0.15) is 17.2 Å². The maximum atomic E-state index is 11.6. The molecule has 0 heterocycles. The molecule has 0 aliphatic rings. The third-order valence-corrected chi connectivity index (χ3v) is 3.47. The quantitative estimate of drug-likeness (QED) is 0.211. The normalized spacial score (nSPS) is 12.0. The number of ether oxygens (including phenoxy) is 2. The van der Waals surface area contributed by atoms with Crippen LogP contribution in [0, 0.1) is 10.1 Å². The number of carbonyl (C=O) groups is 1. The summed E-state index contributed by atoms with van der Waals surface area (Å²) in [4.78, 5) is 30.1. The molecule has 2 N–H and O–H groups in total. The number of nitro benzene ring substituents is 1. The van der Waals surface area contributed by atoms with Crippen LogP contribution in [0.5, 0.6) is 5.75 Å². The number of anilines is 1. The fourth-order valence-electron chi connectivity index (χ4n) is 2.03. The van der Waals surface area contributed by atoms with E-state index in [4.69, 9.17) is 9.47 Å². The Morgan fingerprint density at radius 2 is 2.03 bits per heavy atom. The Hall–Kier alpha value is -3.17. The van der Waals surface area contributed by atoms with Gasteiger partial charge in [0.05, 0.1) is 29.6 Å². The summed E-state index contributed by atoms with van der Waals surface area (Å²) >= 11 is 0. The number of unbranched alkanes of at least 4 members (excludes halogenated alkanes) is 1. The molecular formula is C19H29N5O5. The van der Waals surface area contributed by atoms with Gasteiger partial charge in [0, 0.05) is 19.7 Å². The van der Waals surface area contributed by atoms with Crippen LogP contribution in [-0.2, 0) is 4.74 Å². The Labute approximate surface area is 170 Å². The predicted octanol–water partition coefficient (Wildman–Crippen LogP) is 3.77. The number of aliphatic imine (C=N–C) groups is 2. The molecule has 1 aromatic carbocycles. The predicted molar refractivity (Wildman–Crippen MR) is 113 cm³/mol. The Morgan fingerprint density at radius 1 is 1.31 bits per heavy atom. The number of alkyl carbamates (subject to hydrolysis) is 1. The third kappa shape index (κ3) is 10.1. The van der Waals surface area contributed by atoms with Gasteiger partial charge in [-0.1, -0.05) is 0 Å². The van der Waals surface area contributed by atoms with E-state index in [1.807, 2.05) is 0 Å². The first-order valence-electron chi connectivity index (χ1n) is 9.23. The first kappa shape index (κ1) is 23.9. The van der Waals surface area contributed by atoms with Crippen molar-refractivity contribution >= 4 is 29.6 Å². The molecule has 0 atom stereocenters. The number of hydrogen-bond acceptors (Lipinski definition) is 6. The van der Waals surface area contributed by atoms with E-state index in [9.17, 15) is 14.9 Å². The molecule has 0 bridgehead atoms. The van der Waals surface area contributed by atoms with Crippen LogP contribution in [0.4, 0.5) is 16.2 Å². The molecule has 1 aromatic rings. The third-order valence-electron chi connectivity index (χ3n) is 3.47. The van der Waals surface area contributed by atoms with Crippen molar-refractivity contribution in [2.45, 2.75) is 46.1 Å². The van der Waals surface area contributed by atoms with Gasteiger partial charge in [-0.25, -0.2) is 9.79 Å². The van der Waals surface area contributed by atoms with Gasteiger partial charge in [-0.05, 0) is 46.6 Å². The van der Waals surface area contributed by atoms with Crippen molar-refractivity contribution in [3.63, 3.8) is 0 Å². The number of amidine groups is 1. The van der Waals surface area contributed by atoms with Gasteiger partial charge < -0.3 is 20.1 Å². The average Bonchev–Trinajstić information content (AvgIpc) is 2.63. The monoisotopic (exact) mass is 407 g/mol. The zero-order valence-corrected chi connectivity index (χ0v) is 17.5. The van der Waals surface area contributed by atoms with Crippen molar-refractivity contribution in [3.05, 3.63) is 28.3 Å². The highest BCUT2D eigenvalue weighted by atomic mass is 16.6. The van der Waals surface area contributed by atoms with Gasteiger partial charge in [-0.2, -0.15) is 0 Å². The van der Waals surface area contributed by atoms with Crippen LogP contribution in [0.15, 0.2) is 28.2 Å². The molecule has 0 aliphatic heterocycles. The molecule has 0 aliphatic carbocycles. The topological polar surface area (TPSA) is 127 Å². The van der Waals surface area contributed by atoms with Crippen molar-refractivity contribution < 1.29 is 19.2 Å². The Morgan fingerprint density at radius 3 is 2.66 bits per heavy atom. The van der Waals surface area contributed by atoms with Gasteiger partial charge in [-0.3, -0.25) is 15.1 Å². The maximum absolute atomic E-state index is 11.6. The Bertz CT molecular complexity index is 756. The summed E-state index contributed by atoms with van der Waals surface area (Å²) in [5.74, 6) is 0.927. The van der Waals surface area contributed by atoms with E-state index in [-0.39, 0.29) is 5.69 Å².